The first-order valence-electron chi connectivity index (χ1n) is 11.3. The van der Waals surface area contributed by atoms with Gasteiger partial charge in [0.2, 0.25) is 5.91 Å². The molecule has 1 amide bonds. The smallest absolute Gasteiger partial charge is 0.263 e. The van der Waals surface area contributed by atoms with E-state index in [0.717, 1.165) is 23.8 Å². The van der Waals surface area contributed by atoms with Gasteiger partial charge in [-0.05, 0) is 55.3 Å². The number of benzene rings is 2. The standard InChI is InChI=1S/C26H23F2N5O2/c1-2-23(34)32-12-4-6-19(32)15-33-26-22(14-29-16-30-26)24(31-33)17-8-10-20(11-9-17)35-21-7-3-5-18(13-21)25(27)28/h2-3,5,7-11,13-14,16,19,25H,1,4,6,12,15H2. The van der Waals surface area contributed by atoms with E-state index in [-0.39, 0.29) is 17.5 Å². The molecule has 9 heteroatoms. The average Bonchev–Trinajstić information content (AvgIpc) is 3.49. The Labute approximate surface area is 200 Å². The Bertz CT molecular complexity index is 1370. The van der Waals surface area contributed by atoms with E-state index in [1.807, 2.05) is 21.7 Å². The van der Waals surface area contributed by atoms with Gasteiger partial charge in [0.05, 0.1) is 18.0 Å². The summed E-state index contributed by atoms with van der Waals surface area (Å²) in [5, 5.41) is 5.61. The third-order valence-electron chi connectivity index (χ3n) is 6.10. The van der Waals surface area contributed by atoms with Crippen LogP contribution in [0.25, 0.3) is 22.3 Å². The van der Waals surface area contributed by atoms with Gasteiger partial charge in [-0.15, -0.1) is 0 Å². The van der Waals surface area contributed by atoms with Gasteiger partial charge in [0.15, 0.2) is 5.65 Å². The Morgan fingerprint density at radius 1 is 1.20 bits per heavy atom. The Morgan fingerprint density at radius 3 is 2.80 bits per heavy atom. The summed E-state index contributed by atoms with van der Waals surface area (Å²) >= 11 is 0. The van der Waals surface area contributed by atoms with Crippen molar-refractivity contribution in [2.75, 3.05) is 6.54 Å². The Morgan fingerprint density at radius 2 is 2.03 bits per heavy atom. The monoisotopic (exact) mass is 475 g/mol. The molecule has 1 aliphatic rings. The molecule has 1 saturated heterocycles. The Kier molecular flexibility index (Phi) is 6.22. The van der Waals surface area contributed by atoms with Crippen LogP contribution in [-0.2, 0) is 11.3 Å². The Balaban J connectivity index is 1.41. The van der Waals surface area contributed by atoms with Crippen LogP contribution in [0, 0.1) is 0 Å². The fraction of sp³-hybridized carbons (Fsp3) is 0.231. The molecule has 1 atom stereocenters. The molecule has 3 heterocycles. The number of halogens is 2. The van der Waals surface area contributed by atoms with Crippen LogP contribution in [0.1, 0.15) is 24.8 Å². The quantitative estimate of drug-likeness (QED) is 0.335. The number of likely N-dealkylation sites (tertiary alicyclic amines) is 1. The van der Waals surface area contributed by atoms with Crippen molar-refractivity contribution in [1.82, 2.24) is 24.6 Å². The summed E-state index contributed by atoms with van der Waals surface area (Å²) in [4.78, 5) is 22.7. The van der Waals surface area contributed by atoms with E-state index in [1.54, 1.807) is 24.4 Å². The fourth-order valence-electron chi connectivity index (χ4n) is 4.42. The maximum absolute atomic E-state index is 13.0. The molecule has 1 aliphatic heterocycles. The normalized spacial score (nSPS) is 15.6. The molecule has 7 nitrogen and oxygen atoms in total. The minimum absolute atomic E-state index is 0.0196. The highest BCUT2D eigenvalue weighted by atomic mass is 19.3. The van der Waals surface area contributed by atoms with Crippen molar-refractivity contribution in [1.29, 1.82) is 0 Å². The zero-order valence-corrected chi connectivity index (χ0v) is 18.8. The minimum atomic E-state index is -2.56. The number of ether oxygens (including phenoxy) is 1. The third-order valence-corrected chi connectivity index (χ3v) is 6.10. The van der Waals surface area contributed by atoms with E-state index in [1.165, 1.54) is 30.6 Å². The molecule has 0 saturated carbocycles. The van der Waals surface area contributed by atoms with Crippen LogP contribution < -0.4 is 4.74 Å². The van der Waals surface area contributed by atoms with Crippen LogP contribution in [0.4, 0.5) is 8.78 Å². The van der Waals surface area contributed by atoms with E-state index < -0.39 is 6.43 Å². The highest BCUT2D eigenvalue weighted by molar-refractivity contribution is 5.90. The number of carbonyl (C=O) groups is 1. The number of nitrogens with zero attached hydrogens (tertiary/aromatic N) is 5. The predicted molar refractivity (Wildman–Crippen MR) is 127 cm³/mol. The second-order valence-electron chi connectivity index (χ2n) is 8.32. The van der Waals surface area contributed by atoms with Gasteiger partial charge in [0.25, 0.3) is 6.43 Å². The second-order valence-corrected chi connectivity index (χ2v) is 8.32. The molecule has 0 spiro atoms. The van der Waals surface area contributed by atoms with Crippen molar-refractivity contribution in [2.45, 2.75) is 31.9 Å². The van der Waals surface area contributed by atoms with Crippen LogP contribution in [0.15, 0.2) is 73.7 Å². The van der Waals surface area contributed by atoms with Gasteiger partial charge in [-0.1, -0.05) is 18.7 Å². The summed E-state index contributed by atoms with van der Waals surface area (Å²) < 4.78 is 33.5. The average molecular weight is 475 g/mol. The molecule has 0 bridgehead atoms. The van der Waals surface area contributed by atoms with Gasteiger partial charge < -0.3 is 9.64 Å². The topological polar surface area (TPSA) is 73.1 Å². The summed E-state index contributed by atoms with van der Waals surface area (Å²) in [5.74, 6) is 0.784. The molecular weight excluding hydrogens is 452 g/mol. The van der Waals surface area contributed by atoms with Gasteiger partial charge in [-0.25, -0.2) is 23.4 Å². The van der Waals surface area contributed by atoms with Gasteiger partial charge >= 0.3 is 0 Å². The van der Waals surface area contributed by atoms with Gasteiger partial charge in [0.1, 0.15) is 23.5 Å². The zero-order valence-electron chi connectivity index (χ0n) is 18.8. The molecule has 1 fully saturated rings. The highest BCUT2D eigenvalue weighted by Crippen LogP contribution is 2.31. The fourth-order valence-corrected chi connectivity index (χ4v) is 4.42. The van der Waals surface area contributed by atoms with Crippen molar-refractivity contribution < 1.29 is 18.3 Å². The maximum Gasteiger partial charge on any atom is 0.263 e. The molecule has 2 aromatic heterocycles. The SMILES string of the molecule is C=CC(=O)N1CCCC1Cn1nc(-c2ccc(Oc3cccc(C(F)F)c3)cc2)c2cncnc21. The van der Waals surface area contributed by atoms with E-state index in [0.29, 0.717) is 35.9 Å². The molecule has 178 valence electrons. The summed E-state index contributed by atoms with van der Waals surface area (Å²) in [6.45, 7) is 4.84. The number of amides is 1. The number of fused-ring (bicyclic) bond motifs is 1. The number of hydrogen-bond donors (Lipinski definition) is 0. The lowest BCUT2D eigenvalue weighted by Crippen LogP contribution is -2.37. The minimum Gasteiger partial charge on any atom is -0.457 e. The van der Waals surface area contributed by atoms with Crippen LogP contribution in [0.2, 0.25) is 0 Å². The second kappa shape index (κ2) is 9.61. The maximum atomic E-state index is 13.0. The summed E-state index contributed by atoms with van der Waals surface area (Å²) in [6, 6.07) is 13.1. The van der Waals surface area contributed by atoms with Crippen LogP contribution in [-0.4, -0.2) is 43.1 Å². The third kappa shape index (κ3) is 4.62. The van der Waals surface area contributed by atoms with Crippen LogP contribution in [0.3, 0.4) is 0 Å². The zero-order chi connectivity index (χ0) is 24.4. The van der Waals surface area contributed by atoms with Gasteiger partial charge in [0, 0.05) is 23.9 Å². The van der Waals surface area contributed by atoms with E-state index in [9.17, 15) is 13.6 Å². The largest absolute Gasteiger partial charge is 0.457 e. The Hall–Kier alpha value is -4.14. The molecule has 0 N–H and O–H groups in total. The number of alkyl halides is 2. The lowest BCUT2D eigenvalue weighted by Gasteiger charge is -2.23. The predicted octanol–water partition coefficient (Wildman–Crippen LogP) is 5.40. The van der Waals surface area contributed by atoms with Gasteiger partial charge in [-0.3, -0.25) is 4.79 Å². The number of hydrogen-bond acceptors (Lipinski definition) is 5. The molecular formula is C26H23F2N5O2. The van der Waals surface area contributed by atoms with E-state index in [2.05, 4.69) is 16.5 Å². The van der Waals surface area contributed by atoms with E-state index >= 15 is 0 Å². The first-order valence-corrected chi connectivity index (χ1v) is 11.3. The van der Waals surface area contributed by atoms with Crippen molar-refractivity contribution in [3.05, 3.63) is 79.3 Å². The van der Waals surface area contributed by atoms with Gasteiger partial charge in [-0.2, -0.15) is 5.10 Å². The highest BCUT2D eigenvalue weighted by Gasteiger charge is 2.29. The molecule has 2 aromatic carbocycles. The number of rotatable bonds is 7. The summed E-state index contributed by atoms with van der Waals surface area (Å²) in [5.41, 5.74) is 2.15. The van der Waals surface area contributed by atoms with Crippen molar-refractivity contribution in [3.8, 4) is 22.8 Å². The lowest BCUT2D eigenvalue weighted by molar-refractivity contribution is -0.127. The molecule has 35 heavy (non-hydrogen) atoms. The van der Waals surface area contributed by atoms with Crippen molar-refractivity contribution >= 4 is 16.9 Å². The lowest BCUT2D eigenvalue weighted by atomic mass is 10.1. The van der Waals surface area contributed by atoms with Crippen molar-refractivity contribution in [2.24, 2.45) is 0 Å². The molecule has 1 unspecified atom stereocenters. The summed E-state index contributed by atoms with van der Waals surface area (Å²) in [7, 11) is 0. The molecule has 0 aliphatic carbocycles. The number of carbonyl (C=O) groups excluding carboxylic acids is 1. The molecule has 5 rings (SSSR count). The first kappa shape index (κ1) is 22.6. The first-order chi connectivity index (χ1) is 17.0. The number of aromatic nitrogens is 4. The van der Waals surface area contributed by atoms with Crippen LogP contribution >= 0.6 is 0 Å². The molecule has 4 aromatic rings. The molecule has 0 radical (unpaired) electrons. The summed E-state index contributed by atoms with van der Waals surface area (Å²) in [6.07, 6.45) is 3.82. The van der Waals surface area contributed by atoms with Crippen molar-refractivity contribution in [3.63, 3.8) is 0 Å². The van der Waals surface area contributed by atoms with Crippen LogP contribution in [0.5, 0.6) is 11.5 Å². The van der Waals surface area contributed by atoms with E-state index in [4.69, 9.17) is 9.84 Å².